The van der Waals surface area contributed by atoms with E-state index in [4.69, 9.17) is 21.1 Å². The average molecular weight is 452 g/mol. The van der Waals surface area contributed by atoms with Crippen LogP contribution in [-0.2, 0) is 4.74 Å². The van der Waals surface area contributed by atoms with Gasteiger partial charge in [0.05, 0.1) is 24.1 Å². The van der Waals surface area contributed by atoms with E-state index in [1.165, 1.54) is 6.20 Å². The van der Waals surface area contributed by atoms with Gasteiger partial charge in [0, 0.05) is 37.7 Å². The first kappa shape index (κ1) is 19.8. The molecular weight excluding hydrogens is 428 g/mol. The van der Waals surface area contributed by atoms with Crippen LogP contribution in [0.3, 0.4) is 0 Å². The number of halogens is 3. The lowest BCUT2D eigenvalue weighted by Gasteiger charge is -2.31. The van der Waals surface area contributed by atoms with Gasteiger partial charge in [0.15, 0.2) is 11.0 Å². The van der Waals surface area contributed by atoms with Gasteiger partial charge < -0.3 is 14.4 Å². The van der Waals surface area contributed by atoms with Gasteiger partial charge >= 0.3 is 6.01 Å². The maximum atomic E-state index is 14.9. The van der Waals surface area contributed by atoms with Crippen LogP contribution in [0.5, 0.6) is 6.01 Å². The topological polar surface area (TPSA) is 63.6 Å². The molecule has 0 unspecified atom stereocenters. The zero-order valence-electron chi connectivity index (χ0n) is 17.1. The van der Waals surface area contributed by atoms with E-state index in [1.807, 2.05) is 0 Å². The van der Waals surface area contributed by atoms with Gasteiger partial charge in [0.2, 0.25) is 0 Å². The predicted molar refractivity (Wildman–Crippen MR) is 111 cm³/mol. The Morgan fingerprint density at radius 1 is 1.32 bits per heavy atom. The van der Waals surface area contributed by atoms with Gasteiger partial charge in [-0.1, -0.05) is 11.6 Å². The minimum absolute atomic E-state index is 0.0922. The van der Waals surface area contributed by atoms with Crippen molar-refractivity contribution >= 4 is 28.3 Å². The molecule has 0 N–H and O–H groups in total. The van der Waals surface area contributed by atoms with Crippen molar-refractivity contribution in [1.82, 2.24) is 19.9 Å². The Morgan fingerprint density at radius 3 is 3.13 bits per heavy atom. The normalized spacial score (nSPS) is 32.7. The maximum absolute atomic E-state index is 14.9. The first-order valence-electron chi connectivity index (χ1n) is 10.9. The van der Waals surface area contributed by atoms with Crippen molar-refractivity contribution in [3.05, 3.63) is 17.2 Å². The van der Waals surface area contributed by atoms with Crippen molar-refractivity contribution < 1.29 is 18.3 Å². The minimum atomic E-state index is -0.844. The Labute approximate surface area is 183 Å². The molecule has 166 valence electrons. The third-order valence-corrected chi connectivity index (χ3v) is 7.46. The highest BCUT2D eigenvalue weighted by atomic mass is 35.5. The summed E-state index contributed by atoms with van der Waals surface area (Å²) in [5.74, 6) is 0.362. The number of pyridine rings is 1. The molecule has 1 aliphatic carbocycles. The maximum Gasteiger partial charge on any atom is 0.319 e. The van der Waals surface area contributed by atoms with E-state index in [0.29, 0.717) is 49.3 Å². The van der Waals surface area contributed by atoms with E-state index in [0.717, 1.165) is 32.4 Å². The van der Waals surface area contributed by atoms with Crippen LogP contribution < -0.4 is 9.64 Å². The molecule has 0 amide bonds. The van der Waals surface area contributed by atoms with Crippen LogP contribution in [0.25, 0.3) is 10.9 Å². The number of rotatable bonds is 4. The van der Waals surface area contributed by atoms with Gasteiger partial charge in [-0.15, -0.1) is 0 Å². The molecule has 0 aromatic carbocycles. The van der Waals surface area contributed by atoms with Gasteiger partial charge in [-0.25, -0.2) is 13.8 Å². The average Bonchev–Trinajstić information content (AvgIpc) is 3.36. The second-order valence-electron chi connectivity index (χ2n) is 9.15. The van der Waals surface area contributed by atoms with Crippen molar-refractivity contribution in [3.8, 4) is 6.01 Å². The Kier molecular flexibility index (Phi) is 4.70. The quantitative estimate of drug-likeness (QED) is 0.662. The fraction of sp³-hybridized carbons (Fsp3) is 0.667. The molecule has 3 saturated heterocycles. The Hall–Kier alpha value is -1.84. The lowest BCUT2D eigenvalue weighted by Crippen LogP contribution is -2.43. The van der Waals surface area contributed by atoms with Crippen LogP contribution in [0, 0.1) is 11.7 Å². The highest BCUT2D eigenvalue weighted by Gasteiger charge is 2.49. The Balaban J connectivity index is 1.37. The third kappa shape index (κ3) is 3.32. The second kappa shape index (κ2) is 7.35. The molecule has 0 radical (unpaired) electrons. The molecule has 2 aromatic rings. The van der Waals surface area contributed by atoms with Crippen molar-refractivity contribution in [2.75, 3.05) is 44.4 Å². The molecule has 10 heteroatoms. The van der Waals surface area contributed by atoms with Gasteiger partial charge in [-0.3, -0.25) is 4.90 Å². The summed E-state index contributed by atoms with van der Waals surface area (Å²) < 4.78 is 40.7. The standard InChI is InChI=1S/C21H24ClF2N5O2/c22-18-16(24)17-14(8-25-18)19(29-4-5-30-10-12-6-15(12)29)27-20(26-17)31-11-21-2-1-3-28(21)9-13(23)7-21/h8,12-13,15H,1-7,9-11H2/t12-,13+,15-,21-/m0/s1. The van der Waals surface area contributed by atoms with Gasteiger partial charge in [0.1, 0.15) is 24.1 Å². The van der Waals surface area contributed by atoms with Crippen molar-refractivity contribution in [2.45, 2.75) is 43.4 Å². The van der Waals surface area contributed by atoms with Crippen molar-refractivity contribution in [3.63, 3.8) is 0 Å². The molecule has 3 aliphatic heterocycles. The summed E-state index contributed by atoms with van der Waals surface area (Å²) >= 11 is 5.94. The molecule has 5 heterocycles. The largest absolute Gasteiger partial charge is 0.461 e. The van der Waals surface area contributed by atoms with Crippen LogP contribution in [0.4, 0.5) is 14.6 Å². The zero-order chi connectivity index (χ0) is 21.2. The predicted octanol–water partition coefficient (Wildman–Crippen LogP) is 3.00. The van der Waals surface area contributed by atoms with Crippen molar-refractivity contribution in [2.24, 2.45) is 5.92 Å². The number of anilines is 1. The van der Waals surface area contributed by atoms with E-state index in [9.17, 15) is 8.78 Å². The summed E-state index contributed by atoms with van der Waals surface area (Å²) in [6, 6.07) is 0.396. The molecule has 1 saturated carbocycles. The molecule has 0 spiro atoms. The molecule has 7 nitrogen and oxygen atoms in total. The fourth-order valence-corrected chi connectivity index (χ4v) is 5.69. The number of alkyl halides is 1. The van der Waals surface area contributed by atoms with Gasteiger partial charge in [-0.2, -0.15) is 9.97 Å². The summed E-state index contributed by atoms with van der Waals surface area (Å²) in [6.07, 6.45) is 4.04. The Bertz CT molecular complexity index is 1030. The van der Waals surface area contributed by atoms with E-state index >= 15 is 0 Å². The molecule has 4 aliphatic rings. The summed E-state index contributed by atoms with van der Waals surface area (Å²) in [5.41, 5.74) is -0.234. The molecule has 6 rings (SSSR count). The smallest absolute Gasteiger partial charge is 0.319 e. The second-order valence-corrected chi connectivity index (χ2v) is 9.51. The number of nitrogens with zero attached hydrogens (tertiary/aromatic N) is 5. The highest BCUT2D eigenvalue weighted by Crippen LogP contribution is 2.43. The number of ether oxygens (including phenoxy) is 2. The zero-order valence-corrected chi connectivity index (χ0v) is 17.8. The fourth-order valence-electron chi connectivity index (χ4n) is 5.55. The molecule has 4 fully saturated rings. The van der Waals surface area contributed by atoms with Gasteiger partial charge in [-0.05, 0) is 25.8 Å². The van der Waals surface area contributed by atoms with Crippen LogP contribution in [-0.4, -0.2) is 77.1 Å². The lowest BCUT2D eigenvalue weighted by atomic mass is 9.95. The molecule has 4 atom stereocenters. The van der Waals surface area contributed by atoms with E-state index in [2.05, 4.69) is 24.8 Å². The monoisotopic (exact) mass is 451 g/mol. The number of fused-ring (bicyclic) bond motifs is 3. The van der Waals surface area contributed by atoms with E-state index in [-0.39, 0.29) is 28.8 Å². The third-order valence-electron chi connectivity index (χ3n) is 7.20. The number of aromatic nitrogens is 3. The molecular formula is C21H24ClF2N5O2. The van der Waals surface area contributed by atoms with Crippen molar-refractivity contribution in [1.29, 1.82) is 0 Å². The van der Waals surface area contributed by atoms with Crippen LogP contribution in [0.2, 0.25) is 5.15 Å². The van der Waals surface area contributed by atoms with E-state index in [1.54, 1.807) is 0 Å². The van der Waals surface area contributed by atoms with Gasteiger partial charge in [0.25, 0.3) is 0 Å². The van der Waals surface area contributed by atoms with Crippen LogP contribution >= 0.6 is 11.6 Å². The molecule has 2 aromatic heterocycles. The summed E-state index contributed by atoms with van der Waals surface area (Å²) in [7, 11) is 0. The highest BCUT2D eigenvalue weighted by molar-refractivity contribution is 6.30. The molecule has 31 heavy (non-hydrogen) atoms. The van der Waals surface area contributed by atoms with E-state index < -0.39 is 12.0 Å². The minimum Gasteiger partial charge on any atom is -0.461 e. The SMILES string of the molecule is Fc1c(Cl)ncc2c(N3CCOC[C@@H]4C[C@@H]43)nc(OC[C@@]34CCCN3C[C@H](F)C4)nc12. The summed E-state index contributed by atoms with van der Waals surface area (Å²) in [6.45, 7) is 3.56. The number of hydrogen-bond donors (Lipinski definition) is 0. The molecule has 0 bridgehead atoms. The Morgan fingerprint density at radius 2 is 2.23 bits per heavy atom. The lowest BCUT2D eigenvalue weighted by molar-refractivity contribution is 0.107. The first-order valence-corrected chi connectivity index (χ1v) is 11.3. The summed E-state index contributed by atoms with van der Waals surface area (Å²) in [4.78, 5) is 17.3. The first-order chi connectivity index (χ1) is 15.0. The summed E-state index contributed by atoms with van der Waals surface area (Å²) in [5, 5.41) is 0.273. The van der Waals surface area contributed by atoms with Crippen LogP contribution in [0.1, 0.15) is 25.7 Å². The number of hydrogen-bond acceptors (Lipinski definition) is 7. The van der Waals surface area contributed by atoms with Crippen LogP contribution in [0.15, 0.2) is 6.20 Å².